The predicted molar refractivity (Wildman–Crippen MR) is 67.7 cm³/mol. The second-order valence-electron chi connectivity index (χ2n) is 4.71. The smallest absolute Gasteiger partial charge is 0.218 e. The van der Waals surface area contributed by atoms with Crippen LogP contribution < -0.4 is 5.73 Å². The molecule has 18 heavy (non-hydrogen) atoms. The molecule has 0 radical (unpaired) electrons. The molecule has 6 nitrogen and oxygen atoms in total. The quantitative estimate of drug-likeness (QED) is 0.613. The molecular weight excluding hydrogens is 256 g/mol. The molecule has 0 bridgehead atoms. The van der Waals surface area contributed by atoms with E-state index in [-0.39, 0.29) is 23.8 Å². The van der Waals surface area contributed by atoms with Gasteiger partial charge >= 0.3 is 0 Å². The summed E-state index contributed by atoms with van der Waals surface area (Å²) < 4.78 is 23.2. The van der Waals surface area contributed by atoms with E-state index in [0.717, 1.165) is 25.7 Å². The first kappa shape index (κ1) is 15.1. The van der Waals surface area contributed by atoms with E-state index in [1.165, 1.54) is 0 Å². The molecule has 1 fully saturated rings. The van der Waals surface area contributed by atoms with Gasteiger partial charge in [-0.2, -0.15) is 0 Å². The zero-order chi connectivity index (χ0) is 13.6. The maximum Gasteiger partial charge on any atom is 0.218 e. The molecule has 1 unspecified atom stereocenters. The van der Waals surface area contributed by atoms with Crippen molar-refractivity contribution in [1.82, 2.24) is 4.90 Å². The summed E-state index contributed by atoms with van der Waals surface area (Å²) >= 11 is 0. The zero-order valence-electron chi connectivity index (χ0n) is 10.4. The van der Waals surface area contributed by atoms with Gasteiger partial charge in [0.15, 0.2) is 9.84 Å². The number of nitrogens with zero attached hydrogens (tertiary/aromatic N) is 1. The lowest BCUT2D eigenvalue weighted by Crippen LogP contribution is -2.39. The Hall–Kier alpha value is -0.950. The lowest BCUT2D eigenvalue weighted by Gasteiger charge is -2.29. The van der Waals surface area contributed by atoms with Crippen molar-refractivity contribution in [3.8, 4) is 0 Å². The van der Waals surface area contributed by atoms with Crippen LogP contribution in [0.25, 0.3) is 0 Å². The average Bonchev–Trinajstić information content (AvgIpc) is 2.35. The number of rotatable bonds is 7. The van der Waals surface area contributed by atoms with E-state index in [2.05, 4.69) is 0 Å². The van der Waals surface area contributed by atoms with E-state index in [1.54, 1.807) is 0 Å². The number of carbonyl (C=O) groups excluding carboxylic acids is 2. The lowest BCUT2D eigenvalue weighted by atomic mass is 10.00. The van der Waals surface area contributed by atoms with Crippen LogP contribution in [0.5, 0.6) is 0 Å². The summed E-state index contributed by atoms with van der Waals surface area (Å²) in [7, 11) is -3.23. The fourth-order valence-electron chi connectivity index (χ4n) is 2.03. The van der Waals surface area contributed by atoms with Gasteiger partial charge < -0.3 is 15.4 Å². The summed E-state index contributed by atoms with van der Waals surface area (Å²) in [5, 5.41) is 0. The van der Waals surface area contributed by atoms with Crippen molar-refractivity contribution in [2.75, 3.05) is 31.1 Å². The van der Waals surface area contributed by atoms with E-state index < -0.39 is 15.7 Å². The number of piperidine rings is 1. The summed E-state index contributed by atoms with van der Waals surface area (Å²) in [6.45, 7) is 1.88. The van der Waals surface area contributed by atoms with Gasteiger partial charge in [0.2, 0.25) is 5.91 Å². The zero-order valence-corrected chi connectivity index (χ0v) is 11.2. The molecule has 1 aliphatic rings. The third-order valence-corrected chi connectivity index (χ3v) is 4.74. The third-order valence-electron chi connectivity index (χ3n) is 3.11. The van der Waals surface area contributed by atoms with Gasteiger partial charge in [-0.05, 0) is 19.4 Å². The summed E-state index contributed by atoms with van der Waals surface area (Å²) in [6, 6.07) is 0. The monoisotopic (exact) mass is 276 g/mol. The normalized spacial score (nSPS) is 21.7. The summed E-state index contributed by atoms with van der Waals surface area (Å²) in [5.41, 5.74) is 4.92. The topological polar surface area (TPSA) is 97.5 Å². The van der Waals surface area contributed by atoms with Crippen LogP contribution in [-0.4, -0.2) is 56.7 Å². The van der Waals surface area contributed by atoms with Crippen molar-refractivity contribution in [1.29, 1.82) is 0 Å². The van der Waals surface area contributed by atoms with Crippen LogP contribution in [0.15, 0.2) is 0 Å². The van der Waals surface area contributed by atoms with Gasteiger partial charge in [-0.25, -0.2) is 8.42 Å². The molecule has 0 aliphatic carbocycles. The Bertz CT molecular complexity index is 394. The first-order valence-electron chi connectivity index (χ1n) is 6.09. The summed E-state index contributed by atoms with van der Waals surface area (Å²) in [4.78, 5) is 23.2. The van der Waals surface area contributed by atoms with E-state index in [0.29, 0.717) is 13.1 Å². The van der Waals surface area contributed by atoms with Gasteiger partial charge in [-0.3, -0.25) is 4.79 Å². The highest BCUT2D eigenvalue weighted by Crippen LogP contribution is 2.14. The molecule has 7 heteroatoms. The number of sulfone groups is 1. The Labute approximate surface area is 107 Å². The van der Waals surface area contributed by atoms with Gasteiger partial charge in [0.25, 0.3) is 0 Å². The molecule has 104 valence electrons. The van der Waals surface area contributed by atoms with Crippen molar-refractivity contribution in [2.45, 2.75) is 19.3 Å². The van der Waals surface area contributed by atoms with Crippen LogP contribution in [0.4, 0.5) is 0 Å². The second-order valence-corrected chi connectivity index (χ2v) is 7.01. The Kier molecular flexibility index (Phi) is 5.74. The summed E-state index contributed by atoms with van der Waals surface area (Å²) in [6.07, 6.45) is 2.62. The molecular formula is C11H20N2O4S. The molecule has 0 aromatic heterocycles. The van der Waals surface area contributed by atoms with E-state index in [1.807, 2.05) is 4.90 Å². The number of likely N-dealkylation sites (tertiary alicyclic amines) is 1. The van der Waals surface area contributed by atoms with Gasteiger partial charge in [-0.1, -0.05) is 0 Å². The largest absolute Gasteiger partial charge is 0.370 e. The molecule has 1 saturated heterocycles. The average molecular weight is 276 g/mol. The summed E-state index contributed by atoms with van der Waals surface area (Å²) in [5.74, 6) is -0.747. The standard InChI is InChI=1S/C11H20N2O4S/c12-11(15)3-6-18(16,17)7-5-13-4-1-2-10(8-13)9-14/h9-10H,1-8H2,(H2,12,15). The Morgan fingerprint density at radius 3 is 2.72 bits per heavy atom. The highest BCUT2D eigenvalue weighted by molar-refractivity contribution is 7.91. The minimum absolute atomic E-state index is 0.0197. The molecule has 1 aliphatic heterocycles. The van der Waals surface area contributed by atoms with Crippen LogP contribution >= 0.6 is 0 Å². The van der Waals surface area contributed by atoms with Crippen LogP contribution in [0.3, 0.4) is 0 Å². The molecule has 0 saturated carbocycles. The fourth-order valence-corrected chi connectivity index (χ4v) is 3.28. The number of carbonyl (C=O) groups is 2. The second kappa shape index (κ2) is 6.84. The van der Waals surface area contributed by atoms with Crippen LogP contribution in [0.1, 0.15) is 19.3 Å². The maximum atomic E-state index is 11.6. The molecule has 0 aromatic carbocycles. The highest BCUT2D eigenvalue weighted by atomic mass is 32.2. The van der Waals surface area contributed by atoms with Gasteiger partial charge in [0.05, 0.1) is 11.5 Å². The van der Waals surface area contributed by atoms with Gasteiger partial charge in [-0.15, -0.1) is 0 Å². The van der Waals surface area contributed by atoms with E-state index >= 15 is 0 Å². The van der Waals surface area contributed by atoms with Crippen molar-refractivity contribution >= 4 is 22.0 Å². The molecule has 1 atom stereocenters. The van der Waals surface area contributed by atoms with Crippen LogP contribution in [0, 0.1) is 5.92 Å². The van der Waals surface area contributed by atoms with Gasteiger partial charge in [0, 0.05) is 25.4 Å². The Balaban J connectivity index is 2.35. The first-order chi connectivity index (χ1) is 8.43. The number of hydrogen-bond donors (Lipinski definition) is 1. The number of nitrogens with two attached hydrogens (primary N) is 1. The van der Waals surface area contributed by atoms with E-state index in [4.69, 9.17) is 5.73 Å². The van der Waals surface area contributed by atoms with Gasteiger partial charge in [0.1, 0.15) is 6.29 Å². The molecule has 0 aromatic rings. The Morgan fingerprint density at radius 2 is 2.11 bits per heavy atom. The van der Waals surface area contributed by atoms with Crippen molar-refractivity contribution in [3.05, 3.63) is 0 Å². The number of primary amides is 1. The SMILES string of the molecule is NC(=O)CCS(=O)(=O)CCN1CCCC(C=O)C1. The van der Waals surface area contributed by atoms with Crippen LogP contribution in [0.2, 0.25) is 0 Å². The minimum atomic E-state index is -3.23. The molecule has 2 N–H and O–H groups in total. The number of amides is 1. The number of aldehydes is 1. The lowest BCUT2D eigenvalue weighted by molar-refractivity contribution is -0.117. The minimum Gasteiger partial charge on any atom is -0.370 e. The third kappa shape index (κ3) is 5.59. The van der Waals surface area contributed by atoms with E-state index in [9.17, 15) is 18.0 Å². The molecule has 1 rings (SSSR count). The highest BCUT2D eigenvalue weighted by Gasteiger charge is 2.21. The maximum absolute atomic E-state index is 11.6. The number of hydrogen-bond acceptors (Lipinski definition) is 5. The fraction of sp³-hybridized carbons (Fsp3) is 0.818. The predicted octanol–water partition coefficient (Wildman–Crippen LogP) is -0.812. The van der Waals surface area contributed by atoms with Crippen molar-refractivity contribution in [3.63, 3.8) is 0 Å². The van der Waals surface area contributed by atoms with Crippen molar-refractivity contribution in [2.24, 2.45) is 11.7 Å². The molecule has 0 spiro atoms. The van der Waals surface area contributed by atoms with Crippen LogP contribution in [-0.2, 0) is 19.4 Å². The first-order valence-corrected chi connectivity index (χ1v) is 7.91. The molecule has 1 heterocycles. The van der Waals surface area contributed by atoms with Crippen molar-refractivity contribution < 1.29 is 18.0 Å². The Morgan fingerprint density at radius 1 is 1.39 bits per heavy atom. The molecule has 1 amide bonds.